The number of benzene rings is 3. The highest BCUT2D eigenvalue weighted by Crippen LogP contribution is 2.45. The highest BCUT2D eigenvalue weighted by molar-refractivity contribution is 5.84. The molecule has 1 amide bonds. The number of carbonyl (C=O) groups is 2. The Labute approximate surface area is 226 Å². The molecule has 202 valence electrons. The van der Waals surface area contributed by atoms with Crippen LogP contribution in [0.3, 0.4) is 0 Å². The van der Waals surface area contributed by atoms with Crippen LogP contribution in [0.5, 0.6) is 5.75 Å². The smallest absolute Gasteiger partial charge is 0.410 e. The molecular weight excluding hydrogens is 500 g/mol. The molecule has 2 bridgehead atoms. The lowest BCUT2D eigenvalue weighted by Crippen LogP contribution is -2.56. The van der Waals surface area contributed by atoms with Gasteiger partial charge in [0.15, 0.2) is 0 Å². The van der Waals surface area contributed by atoms with Crippen LogP contribution in [-0.4, -0.2) is 42.1 Å². The van der Waals surface area contributed by atoms with Crippen LogP contribution in [0, 0.1) is 5.92 Å². The van der Waals surface area contributed by atoms with E-state index in [4.69, 9.17) is 4.74 Å². The molecule has 3 aromatic rings. The average Bonchev–Trinajstić information content (AvgIpc) is 3.24. The van der Waals surface area contributed by atoms with Gasteiger partial charge in [-0.3, -0.25) is 4.79 Å². The maximum Gasteiger partial charge on any atom is 0.410 e. The Kier molecular flexibility index (Phi) is 7.07. The maximum absolute atomic E-state index is 13.4. The molecule has 2 aliphatic heterocycles. The van der Waals surface area contributed by atoms with E-state index in [-0.39, 0.29) is 54.6 Å². The molecule has 3 aliphatic rings. The van der Waals surface area contributed by atoms with Crippen LogP contribution in [0.2, 0.25) is 0 Å². The topological polar surface area (TPSA) is 55.8 Å². The van der Waals surface area contributed by atoms with Crippen LogP contribution in [0.4, 0.5) is 13.6 Å². The van der Waals surface area contributed by atoms with Crippen molar-refractivity contribution >= 4 is 11.9 Å². The number of halogens is 2. The fourth-order valence-electron chi connectivity index (χ4n) is 6.79. The summed E-state index contributed by atoms with van der Waals surface area (Å²) in [7, 11) is 0. The summed E-state index contributed by atoms with van der Waals surface area (Å²) in [5, 5.41) is 0. The van der Waals surface area contributed by atoms with Crippen LogP contribution in [-0.2, 0) is 16.0 Å². The van der Waals surface area contributed by atoms with Gasteiger partial charge in [0, 0.05) is 30.3 Å². The summed E-state index contributed by atoms with van der Waals surface area (Å²) in [6.45, 7) is -2.63. The van der Waals surface area contributed by atoms with Crippen LogP contribution in [0.15, 0.2) is 72.8 Å². The van der Waals surface area contributed by atoms with Crippen molar-refractivity contribution in [3.05, 3.63) is 89.5 Å². The van der Waals surface area contributed by atoms with E-state index in [0.717, 1.165) is 19.3 Å². The van der Waals surface area contributed by atoms with Gasteiger partial charge < -0.3 is 14.4 Å². The first-order valence-corrected chi connectivity index (χ1v) is 13.7. The quantitative estimate of drug-likeness (QED) is 0.330. The van der Waals surface area contributed by atoms with Crippen molar-refractivity contribution in [2.24, 2.45) is 5.92 Å². The molecular formula is C32H31F2NO4. The summed E-state index contributed by atoms with van der Waals surface area (Å²) < 4.78 is 35.6. The Morgan fingerprint density at radius 3 is 2.15 bits per heavy atom. The van der Waals surface area contributed by atoms with E-state index in [0.29, 0.717) is 18.4 Å². The van der Waals surface area contributed by atoms with E-state index in [1.54, 1.807) is 12.1 Å². The largest absolute Gasteiger partial charge is 0.448 e. The first-order valence-electron chi connectivity index (χ1n) is 13.7. The number of hydrogen-bond donors (Lipinski definition) is 0. The maximum atomic E-state index is 13.4. The zero-order chi connectivity index (χ0) is 26.9. The fourth-order valence-corrected chi connectivity index (χ4v) is 6.79. The van der Waals surface area contributed by atoms with Crippen molar-refractivity contribution in [3.8, 4) is 16.9 Å². The van der Waals surface area contributed by atoms with Gasteiger partial charge in [-0.15, -0.1) is 0 Å². The number of nitrogens with zero attached hydrogens (tertiary/aromatic N) is 1. The van der Waals surface area contributed by atoms with Gasteiger partial charge in [-0.2, -0.15) is 8.78 Å². The van der Waals surface area contributed by atoms with Crippen LogP contribution in [0.1, 0.15) is 54.7 Å². The van der Waals surface area contributed by atoms with Crippen LogP contribution in [0.25, 0.3) is 11.1 Å². The van der Waals surface area contributed by atoms with Crippen LogP contribution >= 0.6 is 0 Å². The molecule has 39 heavy (non-hydrogen) atoms. The highest BCUT2D eigenvalue weighted by Gasteiger charge is 2.44. The Morgan fingerprint density at radius 2 is 1.51 bits per heavy atom. The molecule has 2 heterocycles. The third-order valence-corrected chi connectivity index (χ3v) is 8.48. The van der Waals surface area contributed by atoms with E-state index in [1.165, 1.54) is 34.4 Å². The first kappa shape index (κ1) is 25.5. The number of amides is 1. The van der Waals surface area contributed by atoms with Crippen molar-refractivity contribution in [1.82, 2.24) is 4.90 Å². The second kappa shape index (κ2) is 10.8. The van der Waals surface area contributed by atoms with E-state index in [2.05, 4.69) is 29.0 Å². The Balaban J connectivity index is 1.11. The molecule has 0 saturated carbocycles. The van der Waals surface area contributed by atoms with Gasteiger partial charge in [0.2, 0.25) is 0 Å². The third-order valence-electron chi connectivity index (χ3n) is 8.48. The number of ketones is 1. The lowest BCUT2D eigenvalue weighted by Gasteiger charge is -2.47. The zero-order valence-electron chi connectivity index (χ0n) is 21.6. The number of hydrogen-bond acceptors (Lipinski definition) is 4. The molecule has 2 fully saturated rings. The number of Topliss-reactive ketones (excluding diaryl/α,β-unsaturated/α-hetero) is 1. The molecule has 1 aliphatic carbocycles. The summed E-state index contributed by atoms with van der Waals surface area (Å²) in [4.78, 5) is 28.5. The lowest BCUT2D eigenvalue weighted by molar-refractivity contribution is -0.126. The molecule has 2 saturated heterocycles. The number of carbonyl (C=O) groups excluding carboxylic acids is 2. The first-order chi connectivity index (χ1) is 19.0. The second-order valence-electron chi connectivity index (χ2n) is 10.8. The standard InChI is InChI=1S/C32H31F2NO4/c33-31(34)39-24-10-5-7-20(15-24)16-30(36)21-17-22-8-6-9-23(18-21)35(22)32(37)38-19-29-27-13-3-1-11-25(27)26-12-2-4-14-28(26)29/h1-5,7,10-15,21-23,29,31H,6,8-9,16-19H2. The minimum absolute atomic E-state index is 0.00474. The van der Waals surface area contributed by atoms with Crippen molar-refractivity contribution in [2.75, 3.05) is 6.61 Å². The van der Waals surface area contributed by atoms with E-state index >= 15 is 0 Å². The van der Waals surface area contributed by atoms with Crippen LogP contribution < -0.4 is 4.74 Å². The predicted molar refractivity (Wildman–Crippen MR) is 143 cm³/mol. The minimum Gasteiger partial charge on any atom is -0.448 e. The molecule has 2 atom stereocenters. The number of rotatable bonds is 7. The predicted octanol–water partition coefficient (Wildman–Crippen LogP) is 6.98. The van der Waals surface area contributed by atoms with Crippen molar-refractivity contribution < 1.29 is 27.8 Å². The summed E-state index contributed by atoms with van der Waals surface area (Å²) in [5.41, 5.74) is 5.40. The lowest BCUT2D eigenvalue weighted by atomic mass is 9.76. The number of alkyl halides is 2. The van der Waals surface area contributed by atoms with Gasteiger partial charge in [-0.25, -0.2) is 4.79 Å². The highest BCUT2D eigenvalue weighted by atomic mass is 19.3. The summed E-state index contributed by atoms with van der Waals surface area (Å²) >= 11 is 0. The molecule has 5 nitrogen and oxygen atoms in total. The van der Waals surface area contributed by atoms with E-state index in [1.807, 2.05) is 29.2 Å². The second-order valence-corrected chi connectivity index (χ2v) is 10.8. The van der Waals surface area contributed by atoms with Gasteiger partial charge >= 0.3 is 12.7 Å². The van der Waals surface area contributed by atoms with Gasteiger partial charge in [0.25, 0.3) is 0 Å². The molecule has 0 aromatic heterocycles. The zero-order valence-corrected chi connectivity index (χ0v) is 21.6. The number of piperidine rings is 2. The monoisotopic (exact) mass is 531 g/mol. The molecule has 0 N–H and O–H groups in total. The summed E-state index contributed by atoms with van der Waals surface area (Å²) in [5.74, 6) is -0.0340. The Bertz CT molecular complexity index is 1320. The minimum atomic E-state index is -2.91. The molecule has 0 radical (unpaired) electrons. The summed E-state index contributed by atoms with van der Waals surface area (Å²) in [6.07, 6.45) is 3.80. The van der Waals surface area contributed by atoms with Crippen molar-refractivity contribution in [3.63, 3.8) is 0 Å². The van der Waals surface area contributed by atoms with E-state index < -0.39 is 6.61 Å². The Hall–Kier alpha value is -3.74. The number of ether oxygens (including phenoxy) is 2. The van der Waals surface area contributed by atoms with Crippen molar-refractivity contribution in [1.29, 1.82) is 0 Å². The fraction of sp³-hybridized carbons (Fsp3) is 0.375. The SMILES string of the molecule is O=C(Cc1cccc(OC(F)F)c1)C1CC2CCCC(C1)N2C(=O)OCC1c2ccccc2-c2ccccc21. The van der Waals surface area contributed by atoms with Gasteiger partial charge in [-0.1, -0.05) is 60.7 Å². The Morgan fingerprint density at radius 1 is 0.872 bits per heavy atom. The molecule has 7 heteroatoms. The normalized spacial score (nSPS) is 21.8. The summed E-state index contributed by atoms with van der Waals surface area (Å²) in [6, 6.07) is 22.8. The molecule has 6 rings (SSSR count). The molecule has 2 unspecified atom stereocenters. The van der Waals surface area contributed by atoms with E-state index in [9.17, 15) is 18.4 Å². The molecule has 0 spiro atoms. The van der Waals surface area contributed by atoms with Gasteiger partial charge in [0.05, 0.1) is 0 Å². The number of fused-ring (bicyclic) bond motifs is 5. The molecule has 3 aromatic carbocycles. The third kappa shape index (κ3) is 5.14. The van der Waals surface area contributed by atoms with Gasteiger partial charge in [0.1, 0.15) is 18.1 Å². The average molecular weight is 532 g/mol. The van der Waals surface area contributed by atoms with Gasteiger partial charge in [-0.05, 0) is 72.1 Å². The van der Waals surface area contributed by atoms with Crippen molar-refractivity contribution in [2.45, 2.75) is 63.1 Å².